The van der Waals surface area contributed by atoms with Crippen molar-refractivity contribution in [2.24, 2.45) is 0 Å². The van der Waals surface area contributed by atoms with E-state index in [4.69, 9.17) is 5.11 Å². The molecule has 1 aliphatic rings. The number of aromatic carboxylic acids is 1. The minimum absolute atomic E-state index is 0.196. The van der Waals surface area contributed by atoms with Gasteiger partial charge in [0.1, 0.15) is 0 Å². The summed E-state index contributed by atoms with van der Waals surface area (Å²) >= 11 is 1.65. The third-order valence-corrected chi connectivity index (χ3v) is 5.04. The normalized spacial score (nSPS) is 28.0. The van der Waals surface area contributed by atoms with Crippen LogP contribution in [0.25, 0.3) is 0 Å². The van der Waals surface area contributed by atoms with Gasteiger partial charge < -0.3 is 10.2 Å². The van der Waals surface area contributed by atoms with Gasteiger partial charge >= 0.3 is 5.97 Å². The van der Waals surface area contributed by atoms with Gasteiger partial charge in [-0.2, -0.15) is 0 Å². The fourth-order valence-electron chi connectivity index (χ4n) is 2.31. The smallest absolute Gasteiger partial charge is 0.335 e. The molecule has 2 rings (SSSR count). The van der Waals surface area contributed by atoms with Gasteiger partial charge in [0.25, 0.3) is 0 Å². The molecule has 18 heavy (non-hydrogen) atoms. The van der Waals surface area contributed by atoms with Crippen LogP contribution < -0.4 is 0 Å². The molecule has 1 aromatic rings. The van der Waals surface area contributed by atoms with Crippen LogP contribution >= 0.6 is 11.8 Å². The number of benzene rings is 1. The first-order valence-electron chi connectivity index (χ1n) is 6.21. The van der Waals surface area contributed by atoms with E-state index in [2.05, 4.69) is 0 Å². The van der Waals surface area contributed by atoms with E-state index in [1.165, 1.54) is 0 Å². The summed E-state index contributed by atoms with van der Waals surface area (Å²) in [6, 6.07) is 6.86. The summed E-state index contributed by atoms with van der Waals surface area (Å²) < 4.78 is 0. The molecular weight excluding hydrogens is 248 g/mol. The standard InChI is InChI=1S/C14H18O3S/c1-14(17)9-3-2-4-12(14)18-11-7-5-10(6-8-11)13(15)16/h5-8,12,17H,2-4,9H2,1H3,(H,15,16)/t12-,14-/m0/s1. The Labute approximate surface area is 111 Å². The van der Waals surface area contributed by atoms with Gasteiger partial charge in [0, 0.05) is 10.1 Å². The summed E-state index contributed by atoms with van der Waals surface area (Å²) in [4.78, 5) is 11.8. The van der Waals surface area contributed by atoms with E-state index in [9.17, 15) is 9.90 Å². The Morgan fingerprint density at radius 2 is 2.00 bits per heavy atom. The Morgan fingerprint density at radius 3 is 2.56 bits per heavy atom. The number of carboxylic acid groups (broad SMARTS) is 1. The minimum atomic E-state index is -0.906. The Bertz CT molecular complexity index is 425. The van der Waals surface area contributed by atoms with Crippen molar-refractivity contribution in [3.05, 3.63) is 29.8 Å². The highest BCUT2D eigenvalue weighted by Gasteiger charge is 2.34. The third kappa shape index (κ3) is 3.06. The van der Waals surface area contributed by atoms with E-state index < -0.39 is 11.6 Å². The van der Waals surface area contributed by atoms with E-state index >= 15 is 0 Å². The van der Waals surface area contributed by atoms with Crippen LogP contribution in [0, 0.1) is 0 Å². The van der Waals surface area contributed by atoms with Crippen molar-refractivity contribution in [3.8, 4) is 0 Å². The van der Waals surface area contributed by atoms with Crippen LogP contribution in [0.1, 0.15) is 43.0 Å². The molecule has 0 heterocycles. The number of carboxylic acids is 1. The average Bonchev–Trinajstić information content (AvgIpc) is 2.32. The van der Waals surface area contributed by atoms with Crippen LogP contribution in [0.3, 0.4) is 0 Å². The van der Waals surface area contributed by atoms with Gasteiger partial charge in [0.2, 0.25) is 0 Å². The van der Waals surface area contributed by atoms with Gasteiger partial charge in [0.05, 0.1) is 11.2 Å². The van der Waals surface area contributed by atoms with Gasteiger partial charge in [-0.05, 0) is 44.0 Å². The monoisotopic (exact) mass is 266 g/mol. The zero-order chi connectivity index (χ0) is 13.2. The van der Waals surface area contributed by atoms with Crippen LogP contribution in [0.5, 0.6) is 0 Å². The van der Waals surface area contributed by atoms with E-state index in [1.807, 2.05) is 19.1 Å². The highest BCUT2D eigenvalue weighted by molar-refractivity contribution is 8.00. The zero-order valence-electron chi connectivity index (χ0n) is 10.4. The molecule has 0 unspecified atom stereocenters. The Kier molecular flexibility index (Phi) is 3.97. The first kappa shape index (κ1) is 13.4. The SMILES string of the molecule is C[C@]1(O)CCCC[C@@H]1Sc1ccc(C(=O)O)cc1. The van der Waals surface area contributed by atoms with E-state index in [0.29, 0.717) is 5.56 Å². The van der Waals surface area contributed by atoms with Gasteiger partial charge in [-0.15, -0.1) is 11.8 Å². The van der Waals surface area contributed by atoms with E-state index in [0.717, 1.165) is 30.6 Å². The largest absolute Gasteiger partial charge is 0.478 e. The van der Waals surface area contributed by atoms with E-state index in [1.54, 1.807) is 23.9 Å². The lowest BCUT2D eigenvalue weighted by atomic mass is 9.86. The fourth-order valence-corrected chi connectivity index (χ4v) is 3.59. The summed E-state index contributed by atoms with van der Waals surface area (Å²) in [5.41, 5.74) is -0.316. The van der Waals surface area contributed by atoms with Gasteiger partial charge in [-0.25, -0.2) is 4.79 Å². The molecule has 3 nitrogen and oxygen atoms in total. The number of hydrogen-bond acceptors (Lipinski definition) is 3. The third-order valence-electron chi connectivity index (χ3n) is 3.47. The quantitative estimate of drug-likeness (QED) is 0.882. The van der Waals surface area contributed by atoms with Gasteiger partial charge in [-0.1, -0.05) is 12.8 Å². The molecule has 1 aromatic carbocycles. The summed E-state index contributed by atoms with van der Waals surface area (Å²) in [6.45, 7) is 1.90. The molecule has 1 fully saturated rings. The van der Waals surface area contributed by atoms with Crippen LogP contribution in [-0.2, 0) is 0 Å². The lowest BCUT2D eigenvalue weighted by molar-refractivity contribution is 0.0291. The second kappa shape index (κ2) is 5.33. The molecule has 0 aliphatic heterocycles. The molecule has 0 radical (unpaired) electrons. The fraction of sp³-hybridized carbons (Fsp3) is 0.500. The molecule has 2 atom stereocenters. The van der Waals surface area contributed by atoms with Crippen LogP contribution in [-0.4, -0.2) is 27.0 Å². The molecule has 98 valence electrons. The average molecular weight is 266 g/mol. The summed E-state index contributed by atoms with van der Waals surface area (Å²) in [6.07, 6.45) is 4.10. The van der Waals surface area contributed by atoms with Crippen molar-refractivity contribution < 1.29 is 15.0 Å². The molecule has 0 spiro atoms. The molecule has 0 amide bonds. The number of thioether (sulfide) groups is 1. The van der Waals surface area contributed by atoms with Crippen molar-refractivity contribution in [2.45, 2.75) is 48.4 Å². The molecular formula is C14H18O3S. The van der Waals surface area contributed by atoms with Crippen LogP contribution in [0.15, 0.2) is 29.2 Å². The highest BCUT2D eigenvalue weighted by Crippen LogP contribution is 2.39. The maximum Gasteiger partial charge on any atom is 0.335 e. The maximum atomic E-state index is 10.8. The Morgan fingerprint density at radius 1 is 1.33 bits per heavy atom. The van der Waals surface area contributed by atoms with Crippen molar-refractivity contribution >= 4 is 17.7 Å². The first-order valence-corrected chi connectivity index (χ1v) is 7.09. The first-order chi connectivity index (χ1) is 8.49. The number of carbonyl (C=O) groups is 1. The maximum absolute atomic E-state index is 10.8. The van der Waals surface area contributed by atoms with Crippen molar-refractivity contribution in [1.29, 1.82) is 0 Å². The zero-order valence-corrected chi connectivity index (χ0v) is 11.2. The second-order valence-corrected chi connectivity index (χ2v) is 6.32. The van der Waals surface area contributed by atoms with Crippen LogP contribution in [0.2, 0.25) is 0 Å². The van der Waals surface area contributed by atoms with E-state index in [-0.39, 0.29) is 5.25 Å². The summed E-state index contributed by atoms with van der Waals surface area (Å²) in [5, 5.41) is 19.4. The number of hydrogen-bond donors (Lipinski definition) is 2. The lowest BCUT2D eigenvalue weighted by Crippen LogP contribution is -2.39. The predicted molar refractivity (Wildman–Crippen MR) is 72.1 cm³/mol. The van der Waals surface area contributed by atoms with Crippen molar-refractivity contribution in [1.82, 2.24) is 0 Å². The molecule has 0 saturated heterocycles. The number of rotatable bonds is 3. The van der Waals surface area contributed by atoms with Crippen LogP contribution in [0.4, 0.5) is 0 Å². The summed E-state index contributed by atoms with van der Waals surface area (Å²) in [5.74, 6) is -0.906. The number of aliphatic hydroxyl groups is 1. The van der Waals surface area contributed by atoms with Gasteiger partial charge in [-0.3, -0.25) is 0 Å². The molecule has 1 aliphatic carbocycles. The van der Waals surface area contributed by atoms with Gasteiger partial charge in [0.15, 0.2) is 0 Å². The Hall–Kier alpha value is -1.00. The topological polar surface area (TPSA) is 57.5 Å². The van der Waals surface area contributed by atoms with Crippen molar-refractivity contribution in [2.75, 3.05) is 0 Å². The molecule has 1 saturated carbocycles. The molecule has 4 heteroatoms. The van der Waals surface area contributed by atoms with Crippen molar-refractivity contribution in [3.63, 3.8) is 0 Å². The predicted octanol–water partition coefficient (Wildman–Crippen LogP) is 3.17. The second-order valence-electron chi connectivity index (χ2n) is 5.04. The minimum Gasteiger partial charge on any atom is -0.478 e. The molecule has 2 N–H and O–H groups in total. The molecule has 0 bridgehead atoms. The Balaban J connectivity index is 2.06. The molecule has 0 aromatic heterocycles. The lowest BCUT2D eigenvalue weighted by Gasteiger charge is -2.36. The highest BCUT2D eigenvalue weighted by atomic mass is 32.2. The summed E-state index contributed by atoms with van der Waals surface area (Å²) in [7, 11) is 0.